The molecule has 1 N–H and O–H groups in total. The second kappa shape index (κ2) is 6.90. The van der Waals surface area contributed by atoms with E-state index in [9.17, 15) is 24.8 Å². The molecule has 10 heteroatoms. The van der Waals surface area contributed by atoms with Crippen molar-refractivity contribution in [1.29, 1.82) is 0 Å². The molecule has 1 aliphatic rings. The number of nitro benzene ring substituents is 1. The van der Waals surface area contributed by atoms with E-state index in [1.165, 1.54) is 34.0 Å². The van der Waals surface area contributed by atoms with Gasteiger partial charge < -0.3 is 10.0 Å². The first kappa shape index (κ1) is 17.5. The Morgan fingerprint density at radius 2 is 2.15 bits per heavy atom. The van der Waals surface area contributed by atoms with Gasteiger partial charge in [0.25, 0.3) is 11.6 Å². The summed E-state index contributed by atoms with van der Waals surface area (Å²) >= 11 is 0. The SMILES string of the molecule is CC1CCN(C(=O)c2cn(-c3cccc([N+](=O)[O-])c3)nn2)C(C(=O)O)C1. The number of likely N-dealkylation sites (tertiary alicyclic amines) is 1. The standard InChI is InChI=1S/C16H17N5O5/c1-10-5-6-19(14(7-10)16(23)24)15(22)13-9-20(18-17-13)11-3-2-4-12(8-11)21(25)26/h2-4,8-10,14H,5-7H2,1H3,(H,23,24). The van der Waals surface area contributed by atoms with Crippen LogP contribution in [0.1, 0.15) is 30.3 Å². The van der Waals surface area contributed by atoms with Crippen molar-refractivity contribution in [2.75, 3.05) is 6.54 Å². The van der Waals surface area contributed by atoms with Crippen LogP contribution in [-0.4, -0.2) is 54.4 Å². The molecule has 3 rings (SSSR count). The van der Waals surface area contributed by atoms with Gasteiger partial charge in [0.2, 0.25) is 0 Å². The van der Waals surface area contributed by atoms with E-state index in [0.29, 0.717) is 25.1 Å². The fraction of sp³-hybridized carbons (Fsp3) is 0.375. The zero-order valence-electron chi connectivity index (χ0n) is 14.0. The first-order valence-corrected chi connectivity index (χ1v) is 8.07. The van der Waals surface area contributed by atoms with Crippen LogP contribution in [0.4, 0.5) is 5.69 Å². The van der Waals surface area contributed by atoms with Crippen LogP contribution >= 0.6 is 0 Å². The molecule has 2 atom stereocenters. The van der Waals surface area contributed by atoms with Crippen molar-refractivity contribution < 1.29 is 19.6 Å². The van der Waals surface area contributed by atoms with Crippen LogP contribution in [-0.2, 0) is 4.79 Å². The quantitative estimate of drug-likeness (QED) is 0.646. The lowest BCUT2D eigenvalue weighted by Crippen LogP contribution is -2.49. The van der Waals surface area contributed by atoms with Crippen molar-refractivity contribution in [2.45, 2.75) is 25.8 Å². The highest BCUT2D eigenvalue weighted by molar-refractivity contribution is 5.95. The van der Waals surface area contributed by atoms with Crippen LogP contribution in [0, 0.1) is 16.0 Å². The molecule has 2 aromatic rings. The van der Waals surface area contributed by atoms with Gasteiger partial charge in [-0.3, -0.25) is 14.9 Å². The number of piperidine rings is 1. The Kier molecular flexibility index (Phi) is 4.65. The highest BCUT2D eigenvalue weighted by Gasteiger charge is 2.36. The summed E-state index contributed by atoms with van der Waals surface area (Å²) in [5.41, 5.74) is 0.270. The van der Waals surface area contributed by atoms with E-state index in [1.54, 1.807) is 6.07 Å². The van der Waals surface area contributed by atoms with Crippen molar-refractivity contribution in [3.63, 3.8) is 0 Å². The molecule has 10 nitrogen and oxygen atoms in total. The minimum absolute atomic E-state index is 0.00249. The zero-order chi connectivity index (χ0) is 18.8. The Balaban J connectivity index is 1.85. The number of nitrogens with zero attached hydrogens (tertiary/aromatic N) is 5. The molecule has 0 spiro atoms. The summed E-state index contributed by atoms with van der Waals surface area (Å²) in [6.07, 6.45) is 2.45. The lowest BCUT2D eigenvalue weighted by atomic mass is 9.92. The molecule has 0 radical (unpaired) electrons. The third-order valence-corrected chi connectivity index (χ3v) is 4.43. The predicted molar refractivity (Wildman–Crippen MR) is 88.9 cm³/mol. The molecule has 1 fully saturated rings. The summed E-state index contributed by atoms with van der Waals surface area (Å²) in [5.74, 6) is -1.34. The third kappa shape index (κ3) is 3.39. The van der Waals surface area contributed by atoms with Gasteiger partial charge in [0, 0.05) is 18.7 Å². The molecule has 0 saturated carbocycles. The Morgan fingerprint density at radius 1 is 1.38 bits per heavy atom. The Bertz CT molecular complexity index is 864. The van der Waals surface area contributed by atoms with Gasteiger partial charge in [0.1, 0.15) is 6.04 Å². The van der Waals surface area contributed by atoms with E-state index < -0.39 is 22.8 Å². The molecule has 2 heterocycles. The van der Waals surface area contributed by atoms with Crippen molar-refractivity contribution >= 4 is 17.6 Å². The van der Waals surface area contributed by atoms with Gasteiger partial charge in [-0.25, -0.2) is 9.48 Å². The highest BCUT2D eigenvalue weighted by atomic mass is 16.6. The Hall–Kier alpha value is -3.30. The molecule has 1 aromatic carbocycles. The molecule has 0 bridgehead atoms. The van der Waals surface area contributed by atoms with Gasteiger partial charge in [-0.1, -0.05) is 18.2 Å². The number of carbonyl (C=O) groups is 2. The highest BCUT2D eigenvalue weighted by Crippen LogP contribution is 2.24. The van der Waals surface area contributed by atoms with Crippen LogP contribution in [0.3, 0.4) is 0 Å². The van der Waals surface area contributed by atoms with Gasteiger partial charge in [0.15, 0.2) is 5.69 Å². The van der Waals surface area contributed by atoms with Gasteiger partial charge in [-0.15, -0.1) is 5.10 Å². The molecular formula is C16H17N5O5. The van der Waals surface area contributed by atoms with Crippen molar-refractivity contribution in [3.8, 4) is 5.69 Å². The summed E-state index contributed by atoms with van der Waals surface area (Å²) in [4.78, 5) is 35.8. The average molecular weight is 359 g/mol. The third-order valence-electron chi connectivity index (χ3n) is 4.43. The first-order valence-electron chi connectivity index (χ1n) is 8.07. The van der Waals surface area contributed by atoms with Crippen LogP contribution < -0.4 is 0 Å². The smallest absolute Gasteiger partial charge is 0.326 e. The van der Waals surface area contributed by atoms with Crippen LogP contribution in [0.15, 0.2) is 30.5 Å². The number of carbonyl (C=O) groups excluding carboxylic acids is 1. The molecule has 2 unspecified atom stereocenters. The largest absolute Gasteiger partial charge is 0.480 e. The second-order valence-corrected chi connectivity index (χ2v) is 6.31. The van der Waals surface area contributed by atoms with Crippen molar-refractivity contribution in [3.05, 3.63) is 46.3 Å². The summed E-state index contributed by atoms with van der Waals surface area (Å²) in [6.45, 7) is 2.29. The van der Waals surface area contributed by atoms with Crippen LogP contribution in [0.5, 0.6) is 0 Å². The van der Waals surface area contributed by atoms with Gasteiger partial charge in [0.05, 0.1) is 16.8 Å². The molecule has 1 saturated heterocycles. The molecule has 26 heavy (non-hydrogen) atoms. The Morgan fingerprint density at radius 3 is 2.85 bits per heavy atom. The topological polar surface area (TPSA) is 131 Å². The maximum atomic E-state index is 12.7. The van der Waals surface area contributed by atoms with E-state index in [4.69, 9.17) is 0 Å². The predicted octanol–water partition coefficient (Wildman–Crippen LogP) is 1.50. The summed E-state index contributed by atoms with van der Waals surface area (Å²) in [5, 5.41) is 27.9. The van der Waals surface area contributed by atoms with Crippen molar-refractivity contribution in [2.24, 2.45) is 5.92 Å². The number of aliphatic carboxylic acids is 1. The maximum absolute atomic E-state index is 12.7. The fourth-order valence-electron chi connectivity index (χ4n) is 3.00. The minimum atomic E-state index is -1.05. The number of benzene rings is 1. The van der Waals surface area contributed by atoms with E-state index in [2.05, 4.69) is 10.3 Å². The first-order chi connectivity index (χ1) is 12.4. The fourth-order valence-corrected chi connectivity index (χ4v) is 3.00. The van der Waals surface area contributed by atoms with E-state index in [-0.39, 0.29) is 17.3 Å². The van der Waals surface area contributed by atoms with E-state index in [1.807, 2.05) is 6.92 Å². The Labute approximate surface area is 148 Å². The second-order valence-electron chi connectivity index (χ2n) is 6.31. The summed E-state index contributed by atoms with van der Waals surface area (Å²) < 4.78 is 1.25. The number of non-ortho nitro benzene ring substituents is 1. The summed E-state index contributed by atoms with van der Waals surface area (Å²) in [7, 11) is 0. The van der Waals surface area contributed by atoms with Gasteiger partial charge in [-0.2, -0.15) is 0 Å². The number of carboxylic acids is 1. The monoisotopic (exact) mass is 359 g/mol. The van der Waals surface area contributed by atoms with Crippen LogP contribution in [0.2, 0.25) is 0 Å². The lowest BCUT2D eigenvalue weighted by molar-refractivity contribution is -0.384. The number of hydrogen-bond donors (Lipinski definition) is 1. The van der Waals surface area contributed by atoms with E-state index >= 15 is 0 Å². The minimum Gasteiger partial charge on any atom is -0.480 e. The molecule has 1 aliphatic heterocycles. The number of carboxylic acid groups (broad SMARTS) is 1. The van der Waals surface area contributed by atoms with E-state index in [0.717, 1.165) is 0 Å². The molecular weight excluding hydrogens is 342 g/mol. The normalized spacial score (nSPS) is 20.0. The number of rotatable bonds is 4. The number of amides is 1. The number of hydrogen-bond acceptors (Lipinski definition) is 6. The number of nitro groups is 1. The molecule has 1 aromatic heterocycles. The lowest BCUT2D eigenvalue weighted by Gasteiger charge is -2.35. The van der Waals surface area contributed by atoms with Crippen LogP contribution in [0.25, 0.3) is 5.69 Å². The van der Waals surface area contributed by atoms with Gasteiger partial charge >= 0.3 is 5.97 Å². The summed E-state index contributed by atoms with van der Waals surface area (Å²) in [6, 6.07) is 4.86. The zero-order valence-corrected chi connectivity index (χ0v) is 14.0. The van der Waals surface area contributed by atoms with Crippen molar-refractivity contribution in [1.82, 2.24) is 19.9 Å². The number of aromatic nitrogens is 3. The molecule has 136 valence electrons. The molecule has 1 amide bonds. The average Bonchev–Trinajstić information content (AvgIpc) is 3.11. The molecule has 0 aliphatic carbocycles. The van der Waals surface area contributed by atoms with Gasteiger partial charge in [-0.05, 0) is 24.8 Å². The maximum Gasteiger partial charge on any atom is 0.326 e.